The number of hydrogen-bond donors (Lipinski definition) is 1. The Hall–Kier alpha value is -3.39. The Morgan fingerprint density at radius 3 is 2.55 bits per heavy atom. The Labute approximate surface area is 180 Å². The van der Waals surface area contributed by atoms with Crippen molar-refractivity contribution in [1.29, 1.82) is 0 Å². The molecule has 0 saturated carbocycles. The smallest absolute Gasteiger partial charge is 0.251 e. The van der Waals surface area contributed by atoms with Crippen LogP contribution in [0.3, 0.4) is 0 Å². The number of carbonyl (C=O) groups is 2. The van der Waals surface area contributed by atoms with Gasteiger partial charge in [0.1, 0.15) is 18.1 Å². The maximum absolute atomic E-state index is 12.9. The lowest BCUT2D eigenvalue weighted by Gasteiger charge is -2.27. The summed E-state index contributed by atoms with van der Waals surface area (Å²) in [7, 11) is 1.58. The van der Waals surface area contributed by atoms with Crippen molar-refractivity contribution in [1.82, 2.24) is 19.8 Å². The number of para-hydroxylation sites is 2. The van der Waals surface area contributed by atoms with Crippen LogP contribution in [0.15, 0.2) is 48.5 Å². The van der Waals surface area contributed by atoms with E-state index in [4.69, 9.17) is 14.5 Å². The molecule has 1 atom stereocenters. The average Bonchev–Trinajstić information content (AvgIpc) is 3.18. The zero-order valence-electron chi connectivity index (χ0n) is 17.7. The van der Waals surface area contributed by atoms with Gasteiger partial charge >= 0.3 is 0 Å². The molecule has 3 aromatic rings. The maximum atomic E-state index is 12.9. The number of amides is 2. The third-order valence-corrected chi connectivity index (χ3v) is 5.43. The molecule has 8 heteroatoms. The Bertz CT molecular complexity index is 1070. The Morgan fingerprint density at radius 2 is 1.84 bits per heavy atom. The number of nitrogens with one attached hydrogen (secondary N) is 1. The van der Waals surface area contributed by atoms with E-state index in [-0.39, 0.29) is 24.4 Å². The monoisotopic (exact) mass is 422 g/mol. The predicted octanol–water partition coefficient (Wildman–Crippen LogP) is 2.39. The van der Waals surface area contributed by atoms with E-state index in [1.807, 2.05) is 40.7 Å². The van der Waals surface area contributed by atoms with Crippen LogP contribution in [0.4, 0.5) is 0 Å². The summed E-state index contributed by atoms with van der Waals surface area (Å²) >= 11 is 0. The highest BCUT2D eigenvalue weighted by Crippen LogP contribution is 2.22. The number of aromatic nitrogens is 2. The molecule has 1 saturated heterocycles. The van der Waals surface area contributed by atoms with Crippen molar-refractivity contribution in [3.63, 3.8) is 0 Å². The van der Waals surface area contributed by atoms with Crippen LogP contribution in [0.5, 0.6) is 5.75 Å². The largest absolute Gasteiger partial charge is 0.497 e. The summed E-state index contributed by atoms with van der Waals surface area (Å²) in [6, 6.07) is 14.2. The number of ether oxygens (including phenoxy) is 2. The lowest BCUT2D eigenvalue weighted by Crippen LogP contribution is -2.42. The molecule has 4 rings (SSSR count). The zero-order chi connectivity index (χ0) is 21.8. The molecule has 162 valence electrons. The molecule has 2 aromatic carbocycles. The molecule has 2 heterocycles. The van der Waals surface area contributed by atoms with Crippen molar-refractivity contribution in [2.75, 3.05) is 33.4 Å². The lowest BCUT2D eigenvalue weighted by atomic mass is 10.2. The molecule has 0 bridgehead atoms. The fourth-order valence-corrected chi connectivity index (χ4v) is 3.73. The number of hydrogen-bond acceptors (Lipinski definition) is 5. The van der Waals surface area contributed by atoms with Gasteiger partial charge in [0, 0.05) is 18.7 Å². The van der Waals surface area contributed by atoms with Gasteiger partial charge in [-0.15, -0.1) is 0 Å². The summed E-state index contributed by atoms with van der Waals surface area (Å²) in [5.41, 5.74) is 2.18. The molecule has 8 nitrogen and oxygen atoms in total. The molecule has 0 radical (unpaired) electrons. The van der Waals surface area contributed by atoms with Crippen LogP contribution in [-0.4, -0.2) is 59.7 Å². The summed E-state index contributed by atoms with van der Waals surface area (Å²) in [5, 5.41) is 3.00. The van der Waals surface area contributed by atoms with Crippen molar-refractivity contribution in [2.24, 2.45) is 0 Å². The highest BCUT2D eigenvalue weighted by atomic mass is 16.5. The van der Waals surface area contributed by atoms with Crippen LogP contribution in [0.2, 0.25) is 0 Å². The van der Waals surface area contributed by atoms with E-state index >= 15 is 0 Å². The topological polar surface area (TPSA) is 85.7 Å². The molecule has 0 spiro atoms. The first-order valence-electron chi connectivity index (χ1n) is 10.3. The van der Waals surface area contributed by atoms with E-state index in [0.717, 1.165) is 11.0 Å². The van der Waals surface area contributed by atoms with E-state index in [0.29, 0.717) is 43.4 Å². The molecule has 1 aliphatic rings. The quantitative estimate of drug-likeness (QED) is 0.659. The van der Waals surface area contributed by atoms with E-state index < -0.39 is 0 Å². The van der Waals surface area contributed by atoms with Gasteiger partial charge in [0.2, 0.25) is 5.91 Å². The van der Waals surface area contributed by atoms with Gasteiger partial charge in [-0.2, -0.15) is 0 Å². The van der Waals surface area contributed by atoms with Crippen molar-refractivity contribution in [3.8, 4) is 5.75 Å². The van der Waals surface area contributed by atoms with Crippen LogP contribution in [0.25, 0.3) is 11.0 Å². The highest BCUT2D eigenvalue weighted by molar-refractivity contribution is 5.94. The van der Waals surface area contributed by atoms with Crippen LogP contribution < -0.4 is 10.1 Å². The van der Waals surface area contributed by atoms with E-state index in [1.54, 1.807) is 31.4 Å². The van der Waals surface area contributed by atoms with Gasteiger partial charge in [-0.3, -0.25) is 9.59 Å². The maximum Gasteiger partial charge on any atom is 0.251 e. The second-order valence-corrected chi connectivity index (χ2v) is 7.46. The second kappa shape index (κ2) is 9.18. The summed E-state index contributed by atoms with van der Waals surface area (Å²) in [4.78, 5) is 32.2. The molecule has 1 aromatic heterocycles. The Balaban J connectivity index is 1.57. The van der Waals surface area contributed by atoms with Gasteiger partial charge in [-0.1, -0.05) is 12.1 Å². The van der Waals surface area contributed by atoms with E-state index in [2.05, 4.69) is 5.32 Å². The first kappa shape index (κ1) is 20.9. The number of benzene rings is 2. The van der Waals surface area contributed by atoms with Crippen LogP contribution in [0, 0.1) is 0 Å². The molecule has 1 aliphatic heterocycles. The SMILES string of the molecule is COc1ccc(C(=O)NC(C)c2nc3ccccc3n2CC(=O)N2CCOCC2)cc1. The number of methoxy groups -OCH3 is 1. The number of morpholine rings is 1. The predicted molar refractivity (Wildman–Crippen MR) is 116 cm³/mol. The van der Waals surface area contributed by atoms with Gasteiger partial charge < -0.3 is 24.3 Å². The first-order chi connectivity index (χ1) is 15.1. The average molecular weight is 422 g/mol. The number of carbonyl (C=O) groups excluding carboxylic acids is 2. The second-order valence-electron chi connectivity index (χ2n) is 7.46. The van der Waals surface area contributed by atoms with Crippen LogP contribution in [-0.2, 0) is 16.1 Å². The van der Waals surface area contributed by atoms with Gasteiger partial charge in [0.05, 0.1) is 37.4 Å². The van der Waals surface area contributed by atoms with Gasteiger partial charge in [0.25, 0.3) is 5.91 Å². The zero-order valence-corrected chi connectivity index (χ0v) is 17.7. The molecule has 1 fully saturated rings. The molecule has 0 aliphatic carbocycles. The molecule has 2 amide bonds. The number of rotatable bonds is 6. The van der Waals surface area contributed by atoms with Crippen molar-refractivity contribution < 1.29 is 19.1 Å². The van der Waals surface area contributed by atoms with Gasteiger partial charge in [0.15, 0.2) is 0 Å². The number of imidazole rings is 1. The Morgan fingerprint density at radius 1 is 1.13 bits per heavy atom. The van der Waals surface area contributed by atoms with E-state index in [1.165, 1.54) is 0 Å². The van der Waals surface area contributed by atoms with Crippen LogP contribution in [0.1, 0.15) is 29.1 Å². The molecular formula is C23H26N4O4. The van der Waals surface area contributed by atoms with Crippen LogP contribution >= 0.6 is 0 Å². The van der Waals surface area contributed by atoms with Crippen molar-refractivity contribution in [2.45, 2.75) is 19.5 Å². The highest BCUT2D eigenvalue weighted by Gasteiger charge is 2.23. The summed E-state index contributed by atoms with van der Waals surface area (Å²) in [6.45, 7) is 4.32. The third kappa shape index (κ3) is 4.54. The summed E-state index contributed by atoms with van der Waals surface area (Å²) < 4.78 is 12.4. The van der Waals surface area contributed by atoms with Gasteiger partial charge in [-0.05, 0) is 43.3 Å². The van der Waals surface area contributed by atoms with Gasteiger partial charge in [-0.25, -0.2) is 4.98 Å². The fraction of sp³-hybridized carbons (Fsp3) is 0.348. The minimum Gasteiger partial charge on any atom is -0.497 e. The first-order valence-corrected chi connectivity index (χ1v) is 10.3. The molecule has 1 N–H and O–H groups in total. The number of nitrogens with zero attached hydrogens (tertiary/aromatic N) is 3. The molecule has 1 unspecified atom stereocenters. The summed E-state index contributed by atoms with van der Waals surface area (Å²) in [6.07, 6.45) is 0. The normalized spacial score (nSPS) is 15.0. The third-order valence-electron chi connectivity index (χ3n) is 5.43. The molecule has 31 heavy (non-hydrogen) atoms. The minimum absolute atomic E-state index is 0.0152. The standard InChI is InChI=1S/C23H26N4O4/c1-16(24-23(29)17-7-9-18(30-2)10-8-17)22-25-19-5-3-4-6-20(19)27(22)15-21(28)26-11-13-31-14-12-26/h3-10,16H,11-15H2,1-2H3,(H,24,29). The van der Waals surface area contributed by atoms with E-state index in [9.17, 15) is 9.59 Å². The minimum atomic E-state index is -0.389. The van der Waals surface area contributed by atoms with Crippen molar-refractivity contribution in [3.05, 3.63) is 59.9 Å². The number of fused-ring (bicyclic) bond motifs is 1. The lowest BCUT2D eigenvalue weighted by molar-refractivity contribution is -0.135. The Kier molecular flexibility index (Phi) is 6.18. The summed E-state index contributed by atoms with van der Waals surface area (Å²) in [5.74, 6) is 1.13. The van der Waals surface area contributed by atoms with Crippen molar-refractivity contribution >= 4 is 22.8 Å². The molecular weight excluding hydrogens is 396 g/mol. The fourth-order valence-electron chi connectivity index (χ4n) is 3.73.